The summed E-state index contributed by atoms with van der Waals surface area (Å²) in [6, 6.07) is 18.3. The van der Waals surface area contributed by atoms with Crippen molar-refractivity contribution in [3.05, 3.63) is 93.6 Å². The molecule has 0 fully saturated rings. The van der Waals surface area contributed by atoms with E-state index in [9.17, 15) is 9.90 Å². The number of thiocarbonyl (C=S) groups is 1. The fourth-order valence-electron chi connectivity index (χ4n) is 3.56. The van der Waals surface area contributed by atoms with Gasteiger partial charge in [-0.15, -0.1) is 0 Å². The molecule has 11 heteroatoms. The van der Waals surface area contributed by atoms with Gasteiger partial charge in [0, 0.05) is 33.4 Å². The topological polar surface area (TPSA) is 101 Å². The number of amides is 1. The molecule has 0 unspecified atom stereocenters. The van der Waals surface area contributed by atoms with Crippen LogP contribution in [0.25, 0.3) is 40.0 Å². The van der Waals surface area contributed by atoms with Crippen LogP contribution < -0.4 is 10.6 Å². The van der Waals surface area contributed by atoms with Crippen LogP contribution in [0.1, 0.15) is 5.76 Å². The van der Waals surface area contributed by atoms with Gasteiger partial charge >= 0.3 is 0 Å². The van der Waals surface area contributed by atoms with E-state index in [1.165, 1.54) is 18.2 Å². The van der Waals surface area contributed by atoms with Crippen LogP contribution in [0.2, 0.25) is 15.1 Å². The molecule has 1 amide bonds. The summed E-state index contributed by atoms with van der Waals surface area (Å²) in [6.07, 6.45) is 2.78. The molecule has 7 nitrogen and oxygen atoms in total. The average Bonchev–Trinajstić information content (AvgIpc) is 3.49. The molecular formula is C27H16Cl3N3O4S. The molecule has 3 N–H and O–H groups in total. The summed E-state index contributed by atoms with van der Waals surface area (Å²) in [5, 5.41) is 17.4. The lowest BCUT2D eigenvalue weighted by molar-refractivity contribution is -0.115. The second-order valence-electron chi connectivity index (χ2n) is 7.97. The maximum atomic E-state index is 12.3. The molecule has 5 rings (SSSR count). The molecule has 0 saturated carbocycles. The Kier molecular flexibility index (Phi) is 7.40. The molecule has 0 aliphatic rings. The third-order valence-electron chi connectivity index (χ3n) is 5.29. The molecular weight excluding hydrogens is 569 g/mol. The molecule has 190 valence electrons. The Morgan fingerprint density at radius 3 is 2.47 bits per heavy atom. The quantitative estimate of drug-likeness (QED) is 0.142. The van der Waals surface area contributed by atoms with Crippen molar-refractivity contribution in [1.29, 1.82) is 0 Å². The maximum Gasteiger partial charge on any atom is 0.250 e. The zero-order chi connectivity index (χ0) is 26.8. The van der Waals surface area contributed by atoms with Gasteiger partial charge in [-0.25, -0.2) is 4.98 Å². The number of carbonyl (C=O) groups is 1. The third kappa shape index (κ3) is 5.84. The summed E-state index contributed by atoms with van der Waals surface area (Å²) in [5.74, 6) is 0.662. The number of furan rings is 1. The molecule has 2 aromatic heterocycles. The number of rotatable bonds is 5. The van der Waals surface area contributed by atoms with E-state index in [-0.39, 0.29) is 16.8 Å². The molecule has 0 radical (unpaired) electrons. The Morgan fingerprint density at radius 2 is 1.68 bits per heavy atom. The summed E-state index contributed by atoms with van der Waals surface area (Å²) in [7, 11) is 0. The fourth-order valence-corrected chi connectivity index (χ4v) is 4.44. The molecule has 3 aromatic carbocycles. The van der Waals surface area contributed by atoms with Crippen molar-refractivity contribution in [3.63, 3.8) is 0 Å². The molecule has 0 bridgehead atoms. The minimum Gasteiger partial charge on any atom is -0.507 e. The maximum absolute atomic E-state index is 12.3. The highest BCUT2D eigenvalue weighted by atomic mass is 35.5. The Hall–Kier alpha value is -3.82. The number of phenols is 1. The Labute approximate surface area is 236 Å². The number of aromatic nitrogens is 1. The number of carbonyl (C=O) groups excluding carboxylic acids is 1. The van der Waals surface area contributed by atoms with Crippen molar-refractivity contribution in [3.8, 4) is 28.5 Å². The molecule has 0 spiro atoms. The predicted molar refractivity (Wildman–Crippen MR) is 154 cm³/mol. The van der Waals surface area contributed by atoms with Gasteiger partial charge in [0.05, 0.1) is 10.6 Å². The van der Waals surface area contributed by atoms with Gasteiger partial charge in [0.25, 0.3) is 0 Å². The van der Waals surface area contributed by atoms with Crippen molar-refractivity contribution in [2.75, 3.05) is 5.32 Å². The van der Waals surface area contributed by atoms with E-state index in [0.717, 1.165) is 0 Å². The van der Waals surface area contributed by atoms with Crippen molar-refractivity contribution in [1.82, 2.24) is 10.3 Å². The molecule has 5 aromatic rings. The van der Waals surface area contributed by atoms with Gasteiger partial charge in [-0.05, 0) is 79.0 Å². The van der Waals surface area contributed by atoms with E-state index >= 15 is 0 Å². The molecule has 0 aliphatic heterocycles. The molecule has 0 aliphatic carbocycles. The zero-order valence-electron chi connectivity index (χ0n) is 19.2. The molecule has 0 saturated heterocycles. The lowest BCUT2D eigenvalue weighted by Gasteiger charge is -2.09. The zero-order valence-corrected chi connectivity index (χ0v) is 22.3. The van der Waals surface area contributed by atoms with Crippen molar-refractivity contribution >= 4 is 80.9 Å². The summed E-state index contributed by atoms with van der Waals surface area (Å²) in [6.45, 7) is 0. The number of phenolic OH excluding ortho intramolecular Hbond substituents is 1. The Balaban J connectivity index is 1.20. The first-order chi connectivity index (χ1) is 18.2. The van der Waals surface area contributed by atoms with Crippen LogP contribution in [0.4, 0.5) is 5.69 Å². The lowest BCUT2D eigenvalue weighted by Crippen LogP contribution is -2.32. The first kappa shape index (κ1) is 25.8. The fraction of sp³-hybridized carbons (Fsp3) is 0. The molecule has 2 heterocycles. The number of benzene rings is 3. The van der Waals surface area contributed by atoms with E-state index in [2.05, 4.69) is 15.6 Å². The van der Waals surface area contributed by atoms with Gasteiger partial charge in [-0.2, -0.15) is 0 Å². The minimum absolute atomic E-state index is 0.0383. The number of aromatic hydroxyl groups is 1. The summed E-state index contributed by atoms with van der Waals surface area (Å²) < 4.78 is 11.4. The van der Waals surface area contributed by atoms with Crippen molar-refractivity contribution < 1.29 is 18.7 Å². The number of halogens is 3. The van der Waals surface area contributed by atoms with Gasteiger partial charge in [-0.3, -0.25) is 10.1 Å². The second kappa shape index (κ2) is 10.9. The third-order valence-corrected chi connectivity index (χ3v) is 6.28. The smallest absolute Gasteiger partial charge is 0.250 e. The summed E-state index contributed by atoms with van der Waals surface area (Å²) >= 11 is 23.4. The standard InChI is InChI=1S/C27H16Cl3N3O4S/c28-14-1-6-18(20(30)11-14)23-9-4-17(36-23)5-10-25(35)33-27(38)31-16-3-7-19(22(34)13-16)26-32-21-12-15(29)2-8-24(21)37-26/h1-13,34H,(H2,31,33,35,38)/b10-5+. The summed E-state index contributed by atoms with van der Waals surface area (Å²) in [4.78, 5) is 16.7. The number of hydrogen-bond acceptors (Lipinski definition) is 6. The first-order valence-electron chi connectivity index (χ1n) is 11.0. The van der Waals surface area contributed by atoms with E-state index < -0.39 is 5.91 Å². The van der Waals surface area contributed by atoms with Crippen molar-refractivity contribution in [2.45, 2.75) is 0 Å². The van der Waals surface area contributed by atoms with E-state index in [4.69, 9.17) is 55.9 Å². The van der Waals surface area contributed by atoms with Crippen LogP contribution in [0.3, 0.4) is 0 Å². The highest BCUT2D eigenvalue weighted by Gasteiger charge is 2.14. The van der Waals surface area contributed by atoms with Crippen LogP contribution in [0, 0.1) is 0 Å². The predicted octanol–water partition coefficient (Wildman–Crippen LogP) is 7.95. The van der Waals surface area contributed by atoms with Gasteiger partial charge < -0.3 is 19.3 Å². The number of anilines is 1. The number of nitrogens with one attached hydrogen (secondary N) is 2. The largest absolute Gasteiger partial charge is 0.507 e. The number of oxazole rings is 1. The summed E-state index contributed by atoms with van der Waals surface area (Å²) in [5.41, 5.74) is 2.64. The van der Waals surface area contributed by atoms with Crippen LogP contribution in [-0.2, 0) is 4.79 Å². The molecule has 38 heavy (non-hydrogen) atoms. The highest BCUT2D eigenvalue weighted by molar-refractivity contribution is 7.80. The Morgan fingerprint density at radius 1 is 0.921 bits per heavy atom. The van der Waals surface area contributed by atoms with Gasteiger partial charge in [0.15, 0.2) is 10.7 Å². The molecule has 0 atom stereocenters. The monoisotopic (exact) mass is 583 g/mol. The number of nitrogens with zero attached hydrogens (tertiary/aromatic N) is 1. The lowest BCUT2D eigenvalue weighted by atomic mass is 10.2. The number of fused-ring (bicyclic) bond motifs is 1. The van der Waals surface area contributed by atoms with Crippen LogP contribution >= 0.6 is 47.0 Å². The SMILES string of the molecule is O=C(/C=C/c1ccc(-c2ccc(Cl)cc2Cl)o1)NC(=S)Nc1ccc(-c2nc3cc(Cl)ccc3o2)c(O)c1. The minimum atomic E-state index is -0.476. The number of hydrogen-bond donors (Lipinski definition) is 3. The van der Waals surface area contributed by atoms with Gasteiger partial charge in [0.1, 0.15) is 22.8 Å². The van der Waals surface area contributed by atoms with Crippen LogP contribution in [0.15, 0.2) is 81.6 Å². The Bertz CT molecular complexity index is 1730. The average molecular weight is 585 g/mol. The van der Waals surface area contributed by atoms with Gasteiger partial charge in [0.2, 0.25) is 11.8 Å². The first-order valence-corrected chi connectivity index (χ1v) is 12.5. The second-order valence-corrected chi connectivity index (χ2v) is 9.65. The van der Waals surface area contributed by atoms with E-state index in [1.54, 1.807) is 60.7 Å². The normalized spacial score (nSPS) is 11.2. The van der Waals surface area contributed by atoms with E-state index in [1.807, 2.05) is 0 Å². The van der Waals surface area contributed by atoms with Gasteiger partial charge in [-0.1, -0.05) is 34.8 Å². The van der Waals surface area contributed by atoms with E-state index in [0.29, 0.717) is 54.5 Å². The van der Waals surface area contributed by atoms with Crippen molar-refractivity contribution in [2.24, 2.45) is 0 Å². The highest BCUT2D eigenvalue weighted by Crippen LogP contribution is 2.34. The van der Waals surface area contributed by atoms with Crippen LogP contribution in [0.5, 0.6) is 5.75 Å². The van der Waals surface area contributed by atoms with Crippen LogP contribution in [-0.4, -0.2) is 21.1 Å².